The number of hydrogen-bond acceptors (Lipinski definition) is 6. The number of carboxylic acids is 1. The number of carbonyl (C=O) groups is 2. The highest BCUT2D eigenvalue weighted by molar-refractivity contribution is 5.79. The number of guanidine groups is 1. The van der Waals surface area contributed by atoms with Crippen molar-refractivity contribution in [3.8, 4) is 0 Å². The first-order valence-electron chi connectivity index (χ1n) is 7.91. The number of aliphatic imine (C=N–C) groups is 1. The Bertz CT molecular complexity index is 635. The lowest BCUT2D eigenvalue weighted by Gasteiger charge is -2.07. The molecule has 0 aliphatic carbocycles. The van der Waals surface area contributed by atoms with Crippen LogP contribution in [0.3, 0.4) is 0 Å². The molecule has 0 heterocycles. The lowest BCUT2D eigenvalue weighted by molar-refractivity contribution is -0.549. The highest BCUT2D eigenvalue weighted by Crippen LogP contribution is 2.01. The summed E-state index contributed by atoms with van der Waals surface area (Å²) in [6, 6.07) is 7.76. The van der Waals surface area contributed by atoms with Crippen LogP contribution in [0.2, 0.25) is 0 Å². The Labute approximate surface area is 155 Å². The summed E-state index contributed by atoms with van der Waals surface area (Å²) in [6.07, 6.45) is 0.930. The number of rotatable bonds is 10. The molecule has 1 aromatic rings. The first kappa shape index (κ1) is 23.6. The van der Waals surface area contributed by atoms with Gasteiger partial charge in [0.1, 0.15) is 0 Å². The molecule has 1 rings (SSSR count). The molecular formula is C15H25N7O5. The largest absolute Gasteiger partial charge is 0.480 e. The molecule has 0 aliphatic rings. The van der Waals surface area contributed by atoms with Gasteiger partial charge in [0.15, 0.2) is 17.0 Å². The van der Waals surface area contributed by atoms with E-state index in [9.17, 15) is 19.7 Å². The number of amides is 1. The summed E-state index contributed by atoms with van der Waals surface area (Å²) in [5.74, 6) is -1.83. The predicted octanol–water partition coefficient (Wildman–Crippen LogP) is -1.68. The van der Waals surface area contributed by atoms with Crippen LogP contribution in [0.4, 0.5) is 0 Å². The third kappa shape index (κ3) is 12.6. The van der Waals surface area contributed by atoms with E-state index in [0.29, 0.717) is 12.8 Å². The Morgan fingerprint density at radius 1 is 1.22 bits per heavy atom. The van der Waals surface area contributed by atoms with Crippen molar-refractivity contribution in [1.82, 2.24) is 5.43 Å². The molecule has 0 aliphatic heterocycles. The number of aliphatic carboxylic acids is 1. The SMILES string of the molecule is NC(=O)[C@@H](N)Cc1ccccc1.NC(N)=NCCC[C@H](N[N+](=O)[O-])C(=O)O. The lowest BCUT2D eigenvalue weighted by atomic mass is 10.1. The van der Waals surface area contributed by atoms with Crippen LogP contribution in [0.15, 0.2) is 35.3 Å². The normalized spacial score (nSPS) is 11.9. The van der Waals surface area contributed by atoms with Crippen molar-refractivity contribution < 1.29 is 19.7 Å². The third-order valence-electron chi connectivity index (χ3n) is 3.17. The zero-order chi connectivity index (χ0) is 20.8. The Balaban J connectivity index is 0.000000511. The number of primary amides is 1. The lowest BCUT2D eigenvalue weighted by Crippen LogP contribution is -2.40. The van der Waals surface area contributed by atoms with E-state index < -0.39 is 29.0 Å². The maximum Gasteiger partial charge on any atom is 0.332 e. The van der Waals surface area contributed by atoms with Crippen molar-refractivity contribution in [3.63, 3.8) is 0 Å². The summed E-state index contributed by atoms with van der Waals surface area (Å²) in [5.41, 5.74) is 23.3. The molecule has 0 bridgehead atoms. The molecule has 0 radical (unpaired) electrons. The number of nitrogens with zero attached hydrogens (tertiary/aromatic N) is 2. The monoisotopic (exact) mass is 383 g/mol. The molecule has 0 saturated carbocycles. The second kappa shape index (κ2) is 12.9. The van der Waals surface area contributed by atoms with Gasteiger partial charge in [0.2, 0.25) is 5.91 Å². The number of nitro groups is 1. The molecule has 0 saturated heterocycles. The minimum absolute atomic E-state index is 0.0765. The molecule has 27 heavy (non-hydrogen) atoms. The van der Waals surface area contributed by atoms with Crippen molar-refractivity contribution >= 4 is 17.8 Å². The van der Waals surface area contributed by atoms with E-state index in [-0.39, 0.29) is 18.9 Å². The second-order valence-corrected chi connectivity index (χ2v) is 5.42. The minimum Gasteiger partial charge on any atom is -0.480 e. The van der Waals surface area contributed by atoms with Crippen molar-refractivity contribution in [2.24, 2.45) is 27.9 Å². The Kier molecular flexibility index (Phi) is 11.3. The summed E-state index contributed by atoms with van der Waals surface area (Å²) < 4.78 is 0. The Morgan fingerprint density at radius 3 is 2.26 bits per heavy atom. The zero-order valence-corrected chi connectivity index (χ0v) is 14.7. The van der Waals surface area contributed by atoms with Gasteiger partial charge < -0.3 is 28.0 Å². The summed E-state index contributed by atoms with van der Waals surface area (Å²) in [4.78, 5) is 34.7. The number of nitrogens with two attached hydrogens (primary N) is 4. The standard InChI is InChI=1S/C9H12N2O.C6H13N5O4/c10-8(9(11)12)6-7-4-2-1-3-5-7;7-6(8)9-3-1-2-4(5(12)13)10-11(14)15/h1-5,8H,6,10H2,(H2,11,12);4,10H,1-3H2,(H,12,13)(H4,7,8,9)/t8-;4-/m00/s1. The zero-order valence-electron chi connectivity index (χ0n) is 14.7. The van der Waals surface area contributed by atoms with Gasteiger partial charge in [-0.05, 0) is 24.8 Å². The molecule has 0 fully saturated rings. The fraction of sp³-hybridized carbons (Fsp3) is 0.400. The molecule has 150 valence electrons. The van der Waals surface area contributed by atoms with Crippen LogP contribution >= 0.6 is 0 Å². The summed E-state index contributed by atoms with van der Waals surface area (Å²) >= 11 is 0. The van der Waals surface area contributed by atoms with Gasteiger partial charge in [-0.3, -0.25) is 9.79 Å². The van der Waals surface area contributed by atoms with Crippen LogP contribution < -0.4 is 28.4 Å². The van der Waals surface area contributed by atoms with Crippen LogP contribution in [0.1, 0.15) is 18.4 Å². The van der Waals surface area contributed by atoms with Gasteiger partial charge in [-0.2, -0.15) is 0 Å². The van der Waals surface area contributed by atoms with Crippen molar-refractivity contribution in [3.05, 3.63) is 46.0 Å². The Morgan fingerprint density at radius 2 is 1.81 bits per heavy atom. The quantitative estimate of drug-likeness (QED) is 0.0889. The molecule has 0 unspecified atom stereocenters. The number of hydrogen-bond donors (Lipinski definition) is 6. The van der Waals surface area contributed by atoms with Crippen molar-refractivity contribution in [2.45, 2.75) is 31.3 Å². The molecule has 0 spiro atoms. The average Bonchev–Trinajstić information content (AvgIpc) is 2.58. The topological polar surface area (TPSA) is 226 Å². The summed E-state index contributed by atoms with van der Waals surface area (Å²) in [6.45, 7) is 0.242. The van der Waals surface area contributed by atoms with Crippen LogP contribution in [0, 0.1) is 10.1 Å². The molecule has 10 N–H and O–H groups in total. The molecule has 12 nitrogen and oxygen atoms in total. The maximum absolute atomic E-state index is 10.6. The van der Waals surface area contributed by atoms with Gasteiger partial charge >= 0.3 is 5.97 Å². The number of benzene rings is 1. The number of carbonyl (C=O) groups excluding carboxylic acids is 1. The van der Waals surface area contributed by atoms with Crippen LogP contribution in [-0.4, -0.2) is 46.6 Å². The van der Waals surface area contributed by atoms with E-state index in [1.54, 1.807) is 5.43 Å². The number of carboxylic acid groups (broad SMARTS) is 1. The van der Waals surface area contributed by atoms with Gasteiger partial charge in [0.25, 0.3) is 0 Å². The second-order valence-electron chi connectivity index (χ2n) is 5.42. The first-order valence-corrected chi connectivity index (χ1v) is 7.91. The molecule has 12 heteroatoms. The number of hydrazine groups is 1. The minimum atomic E-state index is -1.28. The van der Waals surface area contributed by atoms with E-state index in [0.717, 1.165) is 5.56 Å². The van der Waals surface area contributed by atoms with Gasteiger partial charge in [-0.15, -0.1) is 5.43 Å². The van der Waals surface area contributed by atoms with Crippen molar-refractivity contribution in [2.75, 3.05) is 6.54 Å². The van der Waals surface area contributed by atoms with E-state index in [1.165, 1.54) is 0 Å². The molecule has 1 aromatic carbocycles. The highest BCUT2D eigenvalue weighted by atomic mass is 16.7. The fourth-order valence-electron chi connectivity index (χ4n) is 1.84. The van der Waals surface area contributed by atoms with Crippen LogP contribution in [0.25, 0.3) is 0 Å². The van der Waals surface area contributed by atoms with Gasteiger partial charge in [-0.25, -0.2) is 14.9 Å². The van der Waals surface area contributed by atoms with E-state index in [4.69, 9.17) is 28.0 Å². The van der Waals surface area contributed by atoms with Crippen LogP contribution in [-0.2, 0) is 16.0 Å². The van der Waals surface area contributed by atoms with Gasteiger partial charge in [0.05, 0.1) is 6.04 Å². The number of nitrogens with one attached hydrogen (secondary N) is 1. The fourth-order valence-corrected chi connectivity index (χ4v) is 1.84. The summed E-state index contributed by atoms with van der Waals surface area (Å²) in [7, 11) is 0. The smallest absolute Gasteiger partial charge is 0.332 e. The molecule has 1 amide bonds. The predicted molar refractivity (Wildman–Crippen MR) is 98.8 cm³/mol. The average molecular weight is 383 g/mol. The van der Waals surface area contributed by atoms with Crippen LogP contribution in [0.5, 0.6) is 0 Å². The third-order valence-corrected chi connectivity index (χ3v) is 3.17. The van der Waals surface area contributed by atoms with E-state index >= 15 is 0 Å². The maximum atomic E-state index is 10.6. The van der Waals surface area contributed by atoms with Gasteiger partial charge in [0, 0.05) is 6.54 Å². The molecule has 0 aromatic heterocycles. The summed E-state index contributed by atoms with van der Waals surface area (Å²) in [5, 5.41) is 17.7. The Hall–Kier alpha value is -3.41. The molecular weight excluding hydrogens is 358 g/mol. The first-order chi connectivity index (χ1) is 12.6. The van der Waals surface area contributed by atoms with E-state index in [1.807, 2.05) is 30.3 Å². The van der Waals surface area contributed by atoms with Gasteiger partial charge in [-0.1, -0.05) is 30.3 Å². The van der Waals surface area contributed by atoms with Crippen molar-refractivity contribution in [1.29, 1.82) is 0 Å². The van der Waals surface area contributed by atoms with E-state index in [2.05, 4.69) is 4.99 Å². The molecule has 2 atom stereocenters. The highest BCUT2D eigenvalue weighted by Gasteiger charge is 2.21.